The van der Waals surface area contributed by atoms with Gasteiger partial charge in [0.2, 0.25) is 5.95 Å². The first-order valence-electron chi connectivity index (χ1n) is 9.64. The maximum Gasteiger partial charge on any atom is 0.326 e. The van der Waals surface area contributed by atoms with Gasteiger partial charge in [-0.1, -0.05) is 12.1 Å². The van der Waals surface area contributed by atoms with Crippen LogP contribution in [0.25, 0.3) is 10.9 Å². The highest BCUT2D eigenvalue weighted by Crippen LogP contribution is 2.23. The van der Waals surface area contributed by atoms with Gasteiger partial charge in [0.25, 0.3) is 5.91 Å². The molecule has 3 aromatic rings. The van der Waals surface area contributed by atoms with Crippen molar-refractivity contribution in [3.63, 3.8) is 0 Å². The quantitative estimate of drug-likeness (QED) is 0.285. The molecule has 0 fully saturated rings. The summed E-state index contributed by atoms with van der Waals surface area (Å²) < 4.78 is 0. The van der Waals surface area contributed by atoms with Gasteiger partial charge in [-0.15, -0.1) is 0 Å². The van der Waals surface area contributed by atoms with Crippen molar-refractivity contribution in [2.75, 3.05) is 16.8 Å². The first kappa shape index (κ1) is 22.3. The minimum atomic E-state index is -1.29. The molecule has 32 heavy (non-hydrogen) atoms. The highest BCUT2D eigenvalue weighted by molar-refractivity contribution is 5.96. The number of carboxylic acid groups (broad SMARTS) is 2. The van der Waals surface area contributed by atoms with E-state index in [2.05, 4.69) is 20.6 Å². The lowest BCUT2D eigenvalue weighted by atomic mass is 10.1. The predicted octanol–water partition coefficient (Wildman–Crippen LogP) is 1.45. The zero-order valence-electron chi connectivity index (χ0n) is 16.9. The molecule has 0 aliphatic carbocycles. The lowest BCUT2D eigenvalue weighted by Crippen LogP contribution is -2.41. The molecular formula is C21H22N6O5. The number of carboxylic acids is 2. The van der Waals surface area contributed by atoms with Crippen LogP contribution in [0.3, 0.4) is 0 Å². The van der Waals surface area contributed by atoms with Gasteiger partial charge in [0.05, 0.1) is 5.52 Å². The average molecular weight is 438 g/mol. The summed E-state index contributed by atoms with van der Waals surface area (Å²) in [7, 11) is 0. The third-order valence-electron chi connectivity index (χ3n) is 4.71. The summed E-state index contributed by atoms with van der Waals surface area (Å²) in [5.74, 6) is -2.62. The molecule has 1 atom stereocenters. The Hall–Kier alpha value is -4.41. The monoisotopic (exact) mass is 438 g/mol. The van der Waals surface area contributed by atoms with Crippen LogP contribution in [0.15, 0.2) is 42.5 Å². The molecule has 2 aromatic carbocycles. The number of hydrogen-bond acceptors (Lipinski definition) is 8. The predicted molar refractivity (Wildman–Crippen MR) is 118 cm³/mol. The molecule has 11 heteroatoms. The van der Waals surface area contributed by atoms with Crippen LogP contribution in [0.2, 0.25) is 0 Å². The number of anilines is 3. The van der Waals surface area contributed by atoms with Crippen molar-refractivity contribution in [3.05, 3.63) is 53.6 Å². The number of nitrogens with one attached hydrogen (secondary N) is 2. The number of carbonyl (C=O) groups is 3. The number of nitrogen functional groups attached to an aromatic ring is 2. The number of benzene rings is 2. The number of fused-ring (bicyclic) bond motifs is 1. The van der Waals surface area contributed by atoms with Crippen molar-refractivity contribution >= 4 is 46.2 Å². The summed E-state index contributed by atoms with van der Waals surface area (Å²) in [4.78, 5) is 42.3. The van der Waals surface area contributed by atoms with Gasteiger partial charge in [-0.3, -0.25) is 9.59 Å². The number of rotatable bonds is 9. The summed E-state index contributed by atoms with van der Waals surface area (Å²) in [5.41, 5.74) is 14.1. The number of hydrogen-bond donors (Lipinski definition) is 6. The number of aliphatic carboxylic acids is 2. The van der Waals surface area contributed by atoms with Gasteiger partial charge in [0.15, 0.2) is 0 Å². The topological polar surface area (TPSA) is 194 Å². The third kappa shape index (κ3) is 5.59. The van der Waals surface area contributed by atoms with Gasteiger partial charge in [-0.05, 0) is 42.3 Å². The van der Waals surface area contributed by atoms with Crippen molar-refractivity contribution < 1.29 is 24.6 Å². The van der Waals surface area contributed by atoms with Crippen molar-refractivity contribution in [1.82, 2.24) is 15.3 Å². The second-order valence-electron chi connectivity index (χ2n) is 7.05. The van der Waals surface area contributed by atoms with Gasteiger partial charge < -0.3 is 32.3 Å². The zero-order chi connectivity index (χ0) is 23.3. The van der Waals surface area contributed by atoms with Crippen molar-refractivity contribution in [3.8, 4) is 0 Å². The molecule has 8 N–H and O–H groups in total. The second-order valence-corrected chi connectivity index (χ2v) is 7.05. The Bertz CT molecular complexity index is 1170. The van der Waals surface area contributed by atoms with Crippen LogP contribution in [0, 0.1) is 0 Å². The van der Waals surface area contributed by atoms with Crippen LogP contribution in [0.1, 0.15) is 28.8 Å². The van der Waals surface area contributed by atoms with Gasteiger partial charge in [0, 0.05) is 29.6 Å². The summed E-state index contributed by atoms with van der Waals surface area (Å²) in [6.45, 7) is 0.458. The Morgan fingerprint density at radius 3 is 2.38 bits per heavy atom. The molecule has 0 radical (unpaired) electrons. The highest BCUT2D eigenvalue weighted by atomic mass is 16.4. The maximum atomic E-state index is 12.3. The van der Waals surface area contributed by atoms with E-state index in [9.17, 15) is 14.4 Å². The Balaban J connectivity index is 1.62. The highest BCUT2D eigenvalue weighted by Gasteiger charge is 2.21. The van der Waals surface area contributed by atoms with E-state index < -0.39 is 23.9 Å². The maximum absolute atomic E-state index is 12.3. The lowest BCUT2D eigenvalue weighted by Gasteiger charge is -2.14. The zero-order valence-corrected chi connectivity index (χ0v) is 16.9. The SMILES string of the molecule is Nc1nc(N)c2cc(NCc3ccc(C(=O)N[C@@H](CCC(=O)O)C(=O)O)cc3)ccc2n1. The van der Waals surface area contributed by atoms with Crippen LogP contribution in [0.4, 0.5) is 17.5 Å². The largest absolute Gasteiger partial charge is 0.481 e. The fourth-order valence-corrected chi connectivity index (χ4v) is 3.03. The van der Waals surface area contributed by atoms with Crippen LogP contribution in [0.5, 0.6) is 0 Å². The normalized spacial score (nSPS) is 11.6. The molecule has 11 nitrogen and oxygen atoms in total. The Morgan fingerprint density at radius 1 is 1.00 bits per heavy atom. The standard InChI is InChI=1S/C21H22N6O5/c22-18-14-9-13(5-6-15(14)26-21(23)27-18)24-10-11-1-3-12(4-2-11)19(30)25-16(20(31)32)7-8-17(28)29/h1-6,9,16,24H,7-8,10H2,(H,25,30)(H,28,29)(H,31,32)(H4,22,23,26,27)/t16-/m0/s1. The van der Waals surface area contributed by atoms with Crippen LogP contribution in [-0.4, -0.2) is 44.1 Å². The van der Waals surface area contributed by atoms with E-state index in [0.29, 0.717) is 17.4 Å². The summed E-state index contributed by atoms with van der Waals surface area (Å²) in [6, 6.07) is 10.7. The first-order valence-corrected chi connectivity index (χ1v) is 9.64. The average Bonchev–Trinajstić information content (AvgIpc) is 2.75. The van der Waals surface area contributed by atoms with E-state index in [1.807, 2.05) is 12.1 Å². The van der Waals surface area contributed by atoms with Gasteiger partial charge in [-0.25, -0.2) is 9.78 Å². The number of aromatic nitrogens is 2. The van der Waals surface area contributed by atoms with Gasteiger partial charge in [-0.2, -0.15) is 4.98 Å². The molecule has 1 heterocycles. The Morgan fingerprint density at radius 2 is 1.72 bits per heavy atom. The third-order valence-corrected chi connectivity index (χ3v) is 4.71. The van der Waals surface area contributed by atoms with Crippen LogP contribution >= 0.6 is 0 Å². The van der Waals surface area contributed by atoms with E-state index in [1.54, 1.807) is 30.3 Å². The van der Waals surface area contributed by atoms with E-state index in [0.717, 1.165) is 11.3 Å². The fourth-order valence-electron chi connectivity index (χ4n) is 3.03. The van der Waals surface area contributed by atoms with E-state index in [1.165, 1.54) is 0 Å². The molecule has 3 rings (SSSR count). The Kier molecular flexibility index (Phi) is 6.68. The molecule has 0 spiro atoms. The number of amides is 1. The van der Waals surface area contributed by atoms with E-state index >= 15 is 0 Å². The van der Waals surface area contributed by atoms with Crippen LogP contribution < -0.4 is 22.1 Å². The molecule has 166 valence electrons. The van der Waals surface area contributed by atoms with Crippen LogP contribution in [-0.2, 0) is 16.1 Å². The number of carbonyl (C=O) groups excluding carboxylic acids is 1. The van der Waals surface area contributed by atoms with E-state index in [4.69, 9.17) is 21.7 Å². The Labute approximate surface area is 182 Å². The molecule has 1 aromatic heterocycles. The number of nitrogens with zero attached hydrogens (tertiary/aromatic N) is 2. The molecule has 0 saturated carbocycles. The van der Waals surface area contributed by atoms with Gasteiger partial charge >= 0.3 is 11.9 Å². The smallest absolute Gasteiger partial charge is 0.326 e. The number of nitrogens with two attached hydrogens (primary N) is 2. The minimum Gasteiger partial charge on any atom is -0.481 e. The summed E-state index contributed by atoms with van der Waals surface area (Å²) in [6.07, 6.45) is -0.561. The molecule has 0 saturated heterocycles. The summed E-state index contributed by atoms with van der Waals surface area (Å²) >= 11 is 0. The minimum absolute atomic E-state index is 0.108. The molecule has 1 amide bonds. The lowest BCUT2D eigenvalue weighted by molar-refractivity contribution is -0.140. The first-order chi connectivity index (χ1) is 15.2. The van der Waals surface area contributed by atoms with Crippen molar-refractivity contribution in [2.24, 2.45) is 0 Å². The fraction of sp³-hybridized carbons (Fsp3) is 0.190. The summed E-state index contributed by atoms with van der Waals surface area (Å²) in [5, 5.41) is 24.1. The van der Waals surface area contributed by atoms with Crippen molar-refractivity contribution in [2.45, 2.75) is 25.4 Å². The van der Waals surface area contributed by atoms with Gasteiger partial charge in [0.1, 0.15) is 11.9 Å². The molecule has 0 aliphatic heterocycles. The second kappa shape index (κ2) is 9.60. The van der Waals surface area contributed by atoms with E-state index in [-0.39, 0.29) is 30.2 Å². The van der Waals surface area contributed by atoms with Crippen molar-refractivity contribution in [1.29, 1.82) is 0 Å². The molecular weight excluding hydrogens is 416 g/mol. The molecule has 0 aliphatic rings. The molecule has 0 bridgehead atoms. The molecule has 0 unspecified atom stereocenters.